The molecular weight excluding hydrogens is 264 g/mol. The molecule has 1 fully saturated rings. The molecule has 0 atom stereocenters. The first kappa shape index (κ1) is 15.7. The Morgan fingerprint density at radius 1 is 1.14 bits per heavy atom. The third-order valence-electron chi connectivity index (χ3n) is 3.65. The van der Waals surface area contributed by atoms with Crippen LogP contribution in [0.1, 0.15) is 35.2 Å². The zero-order valence-electron chi connectivity index (χ0n) is 13.3. The average molecular weight is 289 g/mol. The highest BCUT2D eigenvalue weighted by atomic mass is 16.2. The van der Waals surface area contributed by atoms with Gasteiger partial charge in [0.25, 0.3) is 5.91 Å². The number of nitrogens with zero attached hydrogens (tertiary/aromatic N) is 2. The van der Waals surface area contributed by atoms with Crippen LogP contribution >= 0.6 is 0 Å². The number of likely N-dealkylation sites (tertiary alicyclic amines) is 1. The van der Waals surface area contributed by atoms with Crippen LogP contribution in [0, 0.1) is 0 Å². The molecule has 4 heteroatoms. The largest absolute Gasteiger partial charge is 0.331 e. The number of rotatable bonds is 3. The van der Waals surface area contributed by atoms with E-state index in [0.29, 0.717) is 18.5 Å². The van der Waals surface area contributed by atoms with Gasteiger partial charge < -0.3 is 9.38 Å². The summed E-state index contributed by atoms with van der Waals surface area (Å²) < 4.78 is 0.855. The van der Waals surface area contributed by atoms with Crippen LogP contribution in [0.2, 0.25) is 0 Å². The first-order valence-electron chi connectivity index (χ1n) is 7.55. The Labute approximate surface area is 126 Å². The SMILES string of the molecule is C[N+](C)(C)Cc1ccc(C(=O)N2CCCCC(=O)C2)cc1. The molecule has 0 aliphatic carbocycles. The second-order valence-corrected chi connectivity index (χ2v) is 6.87. The number of hydrogen-bond donors (Lipinski definition) is 0. The minimum Gasteiger partial charge on any atom is -0.331 e. The van der Waals surface area contributed by atoms with Crippen LogP contribution in [0.25, 0.3) is 0 Å². The normalized spacial score (nSPS) is 16.7. The number of carbonyl (C=O) groups is 2. The summed E-state index contributed by atoms with van der Waals surface area (Å²) in [6.45, 7) is 1.88. The molecule has 1 aliphatic heterocycles. The summed E-state index contributed by atoms with van der Waals surface area (Å²) in [5.74, 6) is 0.143. The predicted molar refractivity (Wildman–Crippen MR) is 82.9 cm³/mol. The van der Waals surface area contributed by atoms with Gasteiger partial charge >= 0.3 is 0 Å². The standard InChI is InChI=1S/C17H25N2O2/c1-19(2,3)13-14-7-9-15(10-8-14)17(21)18-11-5-4-6-16(20)12-18/h7-10H,4-6,11-13H2,1-3H3/q+1. The van der Waals surface area contributed by atoms with E-state index in [1.807, 2.05) is 24.3 Å². The van der Waals surface area contributed by atoms with Crippen molar-refractivity contribution in [3.05, 3.63) is 35.4 Å². The molecule has 0 saturated carbocycles. The Morgan fingerprint density at radius 2 is 1.81 bits per heavy atom. The fourth-order valence-corrected chi connectivity index (χ4v) is 2.65. The number of amides is 1. The molecule has 1 amide bonds. The van der Waals surface area contributed by atoms with E-state index in [1.54, 1.807) is 4.90 Å². The van der Waals surface area contributed by atoms with E-state index in [4.69, 9.17) is 0 Å². The lowest BCUT2D eigenvalue weighted by Crippen LogP contribution is -2.35. The molecule has 4 nitrogen and oxygen atoms in total. The molecule has 114 valence electrons. The van der Waals surface area contributed by atoms with Gasteiger partial charge in [0.15, 0.2) is 5.78 Å². The fourth-order valence-electron chi connectivity index (χ4n) is 2.65. The van der Waals surface area contributed by atoms with E-state index in [2.05, 4.69) is 21.1 Å². The van der Waals surface area contributed by atoms with Crippen molar-refractivity contribution in [2.75, 3.05) is 34.2 Å². The maximum Gasteiger partial charge on any atom is 0.254 e. The van der Waals surface area contributed by atoms with Crippen LogP contribution in [-0.2, 0) is 11.3 Å². The Hall–Kier alpha value is -1.68. The van der Waals surface area contributed by atoms with Gasteiger partial charge in [-0.25, -0.2) is 0 Å². The molecule has 1 aliphatic rings. The molecule has 0 unspecified atom stereocenters. The molecule has 0 bridgehead atoms. The van der Waals surface area contributed by atoms with Crippen molar-refractivity contribution >= 4 is 11.7 Å². The summed E-state index contributed by atoms with van der Waals surface area (Å²) >= 11 is 0. The Morgan fingerprint density at radius 3 is 2.43 bits per heavy atom. The lowest BCUT2D eigenvalue weighted by molar-refractivity contribution is -0.884. The van der Waals surface area contributed by atoms with E-state index in [0.717, 1.165) is 23.9 Å². The highest BCUT2D eigenvalue weighted by Crippen LogP contribution is 2.14. The number of hydrogen-bond acceptors (Lipinski definition) is 2. The van der Waals surface area contributed by atoms with Crippen LogP contribution in [0.15, 0.2) is 24.3 Å². The van der Waals surface area contributed by atoms with E-state index < -0.39 is 0 Å². The zero-order chi connectivity index (χ0) is 15.5. The van der Waals surface area contributed by atoms with Gasteiger partial charge in [-0.1, -0.05) is 12.1 Å². The number of benzene rings is 1. The smallest absolute Gasteiger partial charge is 0.254 e. The highest BCUT2D eigenvalue weighted by Gasteiger charge is 2.21. The summed E-state index contributed by atoms with van der Waals surface area (Å²) in [6.07, 6.45) is 2.41. The topological polar surface area (TPSA) is 37.4 Å². The molecule has 1 aromatic carbocycles. The zero-order valence-corrected chi connectivity index (χ0v) is 13.3. The van der Waals surface area contributed by atoms with Crippen LogP contribution in [0.5, 0.6) is 0 Å². The summed E-state index contributed by atoms with van der Waals surface area (Å²) in [5, 5.41) is 0. The lowest BCUT2D eigenvalue weighted by Gasteiger charge is -2.24. The Kier molecular flexibility index (Phi) is 4.78. The Bertz CT molecular complexity index is 515. The second kappa shape index (κ2) is 6.39. The molecule has 1 aromatic rings. The van der Waals surface area contributed by atoms with Gasteiger partial charge in [-0.3, -0.25) is 9.59 Å². The minimum absolute atomic E-state index is 0.0259. The average Bonchev–Trinajstić information content (AvgIpc) is 2.62. The van der Waals surface area contributed by atoms with Gasteiger partial charge in [0, 0.05) is 24.1 Å². The quantitative estimate of drug-likeness (QED) is 0.799. The Balaban J connectivity index is 2.07. The lowest BCUT2D eigenvalue weighted by atomic mass is 10.1. The monoisotopic (exact) mass is 289 g/mol. The van der Waals surface area contributed by atoms with Crippen LogP contribution in [0.4, 0.5) is 0 Å². The van der Waals surface area contributed by atoms with E-state index in [9.17, 15) is 9.59 Å². The number of carbonyl (C=O) groups excluding carboxylic acids is 2. The first-order chi connectivity index (χ1) is 9.85. The van der Waals surface area contributed by atoms with Crippen LogP contribution in [0.3, 0.4) is 0 Å². The van der Waals surface area contributed by atoms with Crippen molar-refractivity contribution in [1.82, 2.24) is 4.90 Å². The molecular formula is C17H25N2O2+. The predicted octanol–water partition coefficient (Wildman–Crippen LogP) is 2.09. The fraction of sp³-hybridized carbons (Fsp3) is 0.529. The summed E-state index contributed by atoms with van der Waals surface area (Å²) in [6, 6.07) is 7.78. The molecule has 21 heavy (non-hydrogen) atoms. The first-order valence-corrected chi connectivity index (χ1v) is 7.55. The summed E-state index contributed by atoms with van der Waals surface area (Å²) in [7, 11) is 6.42. The van der Waals surface area contributed by atoms with Crippen molar-refractivity contribution in [1.29, 1.82) is 0 Å². The van der Waals surface area contributed by atoms with Crippen LogP contribution in [-0.4, -0.2) is 55.3 Å². The maximum atomic E-state index is 12.5. The van der Waals surface area contributed by atoms with E-state index in [1.165, 1.54) is 5.56 Å². The molecule has 0 aromatic heterocycles. The third kappa shape index (κ3) is 4.67. The van der Waals surface area contributed by atoms with Gasteiger partial charge in [0.1, 0.15) is 6.54 Å². The number of quaternary nitrogens is 1. The minimum atomic E-state index is -0.0259. The van der Waals surface area contributed by atoms with E-state index >= 15 is 0 Å². The van der Waals surface area contributed by atoms with Crippen molar-refractivity contribution in [3.63, 3.8) is 0 Å². The van der Waals surface area contributed by atoms with Crippen molar-refractivity contribution in [2.24, 2.45) is 0 Å². The van der Waals surface area contributed by atoms with Crippen LogP contribution < -0.4 is 0 Å². The molecule has 0 spiro atoms. The number of ketones is 1. The van der Waals surface area contributed by atoms with Gasteiger partial charge in [-0.05, 0) is 25.0 Å². The summed E-state index contributed by atoms with van der Waals surface area (Å²) in [4.78, 5) is 25.8. The van der Waals surface area contributed by atoms with Gasteiger partial charge in [-0.15, -0.1) is 0 Å². The molecule has 0 N–H and O–H groups in total. The number of Topliss-reactive ketones (excluding diaryl/α,β-unsaturated/α-hetero) is 1. The molecule has 2 rings (SSSR count). The second-order valence-electron chi connectivity index (χ2n) is 6.87. The van der Waals surface area contributed by atoms with Gasteiger partial charge in [0.2, 0.25) is 0 Å². The van der Waals surface area contributed by atoms with E-state index in [-0.39, 0.29) is 18.2 Å². The highest BCUT2D eigenvalue weighted by molar-refractivity contribution is 5.97. The summed E-state index contributed by atoms with van der Waals surface area (Å²) in [5.41, 5.74) is 1.89. The third-order valence-corrected chi connectivity index (χ3v) is 3.65. The molecule has 0 radical (unpaired) electrons. The van der Waals surface area contributed by atoms with Crippen molar-refractivity contribution in [3.8, 4) is 0 Å². The van der Waals surface area contributed by atoms with Gasteiger partial charge in [-0.2, -0.15) is 0 Å². The maximum absolute atomic E-state index is 12.5. The van der Waals surface area contributed by atoms with Gasteiger partial charge in [0.05, 0.1) is 27.7 Å². The molecule has 1 saturated heterocycles. The van der Waals surface area contributed by atoms with Crippen molar-refractivity contribution < 1.29 is 14.1 Å². The molecule has 1 heterocycles. The van der Waals surface area contributed by atoms with Crippen molar-refractivity contribution in [2.45, 2.75) is 25.8 Å².